The second-order valence-corrected chi connectivity index (χ2v) is 6.02. The quantitative estimate of drug-likeness (QED) is 0.928. The van der Waals surface area contributed by atoms with Crippen molar-refractivity contribution in [3.63, 3.8) is 0 Å². The van der Waals surface area contributed by atoms with E-state index in [4.69, 9.17) is 27.9 Å². The van der Waals surface area contributed by atoms with Crippen molar-refractivity contribution in [3.8, 4) is 0 Å². The molecule has 0 unspecified atom stereocenters. The van der Waals surface area contributed by atoms with E-state index in [1.54, 1.807) is 0 Å². The highest BCUT2D eigenvalue weighted by atomic mass is 35.5. The second-order valence-electron chi connectivity index (χ2n) is 5.21. The highest BCUT2D eigenvalue weighted by Crippen LogP contribution is 2.27. The Morgan fingerprint density at radius 3 is 2.42 bits per heavy atom. The van der Waals surface area contributed by atoms with Gasteiger partial charge in [0.05, 0.1) is 5.60 Å². The van der Waals surface area contributed by atoms with Gasteiger partial charge >= 0.3 is 0 Å². The fourth-order valence-corrected chi connectivity index (χ4v) is 2.94. The molecular formula is C14H19Cl2NO2. The summed E-state index contributed by atoms with van der Waals surface area (Å²) in [5.74, 6) is 0. The predicted octanol–water partition coefficient (Wildman–Crippen LogP) is 2.97. The molecule has 1 aliphatic rings. The normalized spacial score (nSPS) is 18.8. The predicted molar refractivity (Wildman–Crippen MR) is 77.8 cm³/mol. The second kappa shape index (κ2) is 6.42. The summed E-state index contributed by atoms with van der Waals surface area (Å²) in [5.41, 5.74) is 0.241. The molecule has 106 valence electrons. The maximum atomic E-state index is 10.5. The summed E-state index contributed by atoms with van der Waals surface area (Å²) in [6.07, 6.45) is 1.35. The van der Waals surface area contributed by atoms with Gasteiger partial charge < -0.3 is 9.84 Å². The number of ether oxygens (including phenoxy) is 1. The maximum Gasteiger partial charge on any atom is 0.0817 e. The van der Waals surface area contributed by atoms with Crippen LogP contribution >= 0.6 is 23.2 Å². The van der Waals surface area contributed by atoms with Gasteiger partial charge in [-0.1, -0.05) is 29.3 Å². The summed E-state index contributed by atoms with van der Waals surface area (Å²) in [6, 6.07) is 5.50. The smallest absolute Gasteiger partial charge is 0.0817 e. The van der Waals surface area contributed by atoms with E-state index in [9.17, 15) is 5.11 Å². The van der Waals surface area contributed by atoms with Crippen molar-refractivity contribution in [2.45, 2.75) is 25.0 Å². The molecule has 0 aromatic heterocycles. The Kier molecular flexibility index (Phi) is 5.09. The lowest BCUT2D eigenvalue weighted by Crippen LogP contribution is -2.45. The summed E-state index contributed by atoms with van der Waals surface area (Å²) in [5, 5.41) is 11.8. The topological polar surface area (TPSA) is 32.7 Å². The molecule has 0 aliphatic carbocycles. The third kappa shape index (κ3) is 4.07. The lowest BCUT2D eigenvalue weighted by atomic mass is 9.94. The lowest BCUT2D eigenvalue weighted by molar-refractivity contribution is -0.0777. The molecule has 0 saturated carbocycles. The van der Waals surface area contributed by atoms with Crippen LogP contribution in [-0.4, -0.2) is 42.4 Å². The zero-order chi connectivity index (χ0) is 13.9. The molecule has 2 rings (SSSR count). The van der Waals surface area contributed by atoms with Crippen molar-refractivity contribution >= 4 is 23.2 Å². The first-order valence-corrected chi connectivity index (χ1v) is 7.17. The molecule has 1 heterocycles. The molecule has 0 bridgehead atoms. The van der Waals surface area contributed by atoms with Crippen LogP contribution in [-0.2, 0) is 11.3 Å². The van der Waals surface area contributed by atoms with E-state index in [0.29, 0.717) is 49.2 Å². The Balaban J connectivity index is 1.99. The molecule has 0 radical (unpaired) electrons. The minimum Gasteiger partial charge on any atom is -0.388 e. The minimum absolute atomic E-state index is 0.595. The molecule has 0 amide bonds. The van der Waals surface area contributed by atoms with Crippen LogP contribution in [0.1, 0.15) is 18.4 Å². The third-order valence-corrected chi connectivity index (χ3v) is 4.19. The van der Waals surface area contributed by atoms with Crippen LogP contribution in [0.5, 0.6) is 0 Å². The summed E-state index contributed by atoms with van der Waals surface area (Å²) < 4.78 is 5.28. The molecule has 3 nitrogen and oxygen atoms in total. The first-order valence-electron chi connectivity index (χ1n) is 6.42. The largest absolute Gasteiger partial charge is 0.388 e. The average Bonchev–Trinajstić information content (AvgIpc) is 2.34. The SMILES string of the molecule is CN(Cc1c(Cl)cccc1Cl)CC1(O)CCOCC1. The van der Waals surface area contributed by atoms with Gasteiger partial charge in [-0.25, -0.2) is 0 Å². The molecule has 1 N–H and O–H groups in total. The number of aliphatic hydroxyl groups is 1. The van der Waals surface area contributed by atoms with Gasteiger partial charge in [-0.15, -0.1) is 0 Å². The van der Waals surface area contributed by atoms with Crippen LogP contribution in [0.3, 0.4) is 0 Å². The van der Waals surface area contributed by atoms with Gasteiger partial charge in [-0.05, 0) is 19.2 Å². The van der Waals surface area contributed by atoms with Crippen LogP contribution < -0.4 is 0 Å². The Hall–Kier alpha value is -0.320. The molecule has 0 atom stereocenters. The fraction of sp³-hybridized carbons (Fsp3) is 0.571. The van der Waals surface area contributed by atoms with Crippen LogP contribution in [0.15, 0.2) is 18.2 Å². The molecule has 0 spiro atoms. The Bertz CT molecular complexity index is 413. The number of halogens is 2. The number of likely N-dealkylation sites (N-methyl/N-ethyl adjacent to an activating group) is 1. The monoisotopic (exact) mass is 303 g/mol. The van der Waals surface area contributed by atoms with E-state index in [0.717, 1.165) is 5.56 Å². The van der Waals surface area contributed by atoms with E-state index in [1.807, 2.05) is 25.2 Å². The van der Waals surface area contributed by atoms with Gasteiger partial charge in [-0.3, -0.25) is 4.90 Å². The number of rotatable bonds is 4. The molecule has 1 aromatic carbocycles. The Morgan fingerprint density at radius 1 is 1.26 bits per heavy atom. The Morgan fingerprint density at radius 2 is 1.84 bits per heavy atom. The van der Waals surface area contributed by atoms with Gasteiger partial charge in [0.15, 0.2) is 0 Å². The minimum atomic E-state index is -0.666. The molecule has 1 aliphatic heterocycles. The van der Waals surface area contributed by atoms with Crippen molar-refractivity contribution in [2.75, 3.05) is 26.8 Å². The van der Waals surface area contributed by atoms with Crippen molar-refractivity contribution in [1.29, 1.82) is 0 Å². The van der Waals surface area contributed by atoms with Crippen LogP contribution in [0.2, 0.25) is 10.0 Å². The number of nitrogens with zero attached hydrogens (tertiary/aromatic N) is 1. The standard InChI is InChI=1S/C14H19Cl2NO2/c1-17(10-14(18)5-7-19-8-6-14)9-11-12(15)3-2-4-13(11)16/h2-4,18H,5-10H2,1H3. The van der Waals surface area contributed by atoms with Gasteiger partial charge in [0.1, 0.15) is 0 Å². The summed E-state index contributed by atoms with van der Waals surface area (Å²) in [7, 11) is 1.97. The maximum absolute atomic E-state index is 10.5. The first kappa shape index (κ1) is 15.1. The van der Waals surface area contributed by atoms with Crippen molar-refractivity contribution in [1.82, 2.24) is 4.90 Å². The number of benzene rings is 1. The third-order valence-electron chi connectivity index (χ3n) is 3.48. The van der Waals surface area contributed by atoms with Crippen LogP contribution in [0.25, 0.3) is 0 Å². The summed E-state index contributed by atoms with van der Waals surface area (Å²) in [4.78, 5) is 2.05. The van der Waals surface area contributed by atoms with E-state index in [2.05, 4.69) is 4.90 Å². The van der Waals surface area contributed by atoms with Gasteiger partial charge in [0.2, 0.25) is 0 Å². The summed E-state index contributed by atoms with van der Waals surface area (Å²) in [6.45, 7) is 2.47. The molecule has 1 saturated heterocycles. The Labute approximate surface area is 124 Å². The van der Waals surface area contributed by atoms with E-state index < -0.39 is 5.60 Å². The lowest BCUT2D eigenvalue weighted by Gasteiger charge is -2.35. The van der Waals surface area contributed by atoms with Crippen molar-refractivity contribution in [3.05, 3.63) is 33.8 Å². The molecule has 19 heavy (non-hydrogen) atoms. The molecular weight excluding hydrogens is 285 g/mol. The molecule has 1 aromatic rings. The fourth-order valence-electron chi connectivity index (χ4n) is 2.42. The van der Waals surface area contributed by atoms with E-state index in [1.165, 1.54) is 0 Å². The van der Waals surface area contributed by atoms with Crippen molar-refractivity contribution < 1.29 is 9.84 Å². The van der Waals surface area contributed by atoms with Gasteiger partial charge in [0.25, 0.3) is 0 Å². The average molecular weight is 304 g/mol. The number of hydrogen-bond acceptors (Lipinski definition) is 3. The van der Waals surface area contributed by atoms with Crippen molar-refractivity contribution in [2.24, 2.45) is 0 Å². The highest BCUT2D eigenvalue weighted by molar-refractivity contribution is 6.35. The van der Waals surface area contributed by atoms with E-state index in [-0.39, 0.29) is 0 Å². The molecule has 5 heteroatoms. The van der Waals surface area contributed by atoms with Gasteiger partial charge in [-0.2, -0.15) is 0 Å². The number of hydrogen-bond donors (Lipinski definition) is 1. The zero-order valence-electron chi connectivity index (χ0n) is 11.0. The summed E-state index contributed by atoms with van der Waals surface area (Å²) >= 11 is 12.3. The first-order chi connectivity index (χ1) is 9.00. The van der Waals surface area contributed by atoms with Crippen LogP contribution in [0.4, 0.5) is 0 Å². The van der Waals surface area contributed by atoms with Crippen LogP contribution in [0, 0.1) is 0 Å². The van der Waals surface area contributed by atoms with Gasteiger partial charge in [0, 0.05) is 54.8 Å². The zero-order valence-corrected chi connectivity index (χ0v) is 12.5. The molecule has 1 fully saturated rings. The highest BCUT2D eigenvalue weighted by Gasteiger charge is 2.31. The van der Waals surface area contributed by atoms with E-state index >= 15 is 0 Å².